The van der Waals surface area contributed by atoms with Crippen LogP contribution in [-0.2, 0) is 17.1 Å². The van der Waals surface area contributed by atoms with Crippen molar-refractivity contribution in [1.29, 1.82) is 5.26 Å². The average Bonchev–Trinajstić information content (AvgIpc) is 3.08. The molecule has 3 rings (SSSR count). The molecule has 26 heavy (non-hydrogen) atoms. The van der Waals surface area contributed by atoms with Gasteiger partial charge in [0, 0.05) is 25.7 Å². The molecule has 12 heteroatoms. The molecular weight excluding hydrogens is 373 g/mol. The minimum absolute atomic E-state index is 0.131. The van der Waals surface area contributed by atoms with Crippen LogP contribution in [0.3, 0.4) is 0 Å². The number of rotatable bonds is 2. The van der Waals surface area contributed by atoms with Gasteiger partial charge < -0.3 is 0 Å². The SMILES string of the molecule is Cc1nn(C)cc1S(=O)(=O)N1c2c(C#N)cnn2[C@H](C(F)(F)F)C[C@H]1C. The number of aryl methyl sites for hydroxylation is 2. The molecule has 0 radical (unpaired) electrons. The smallest absolute Gasteiger partial charge is 0.274 e. The molecule has 8 nitrogen and oxygen atoms in total. The summed E-state index contributed by atoms with van der Waals surface area (Å²) < 4.78 is 69.2. The first-order valence-corrected chi connectivity index (χ1v) is 9.01. The van der Waals surface area contributed by atoms with E-state index >= 15 is 0 Å². The predicted molar refractivity (Wildman–Crippen MR) is 83.7 cm³/mol. The van der Waals surface area contributed by atoms with Crippen LogP contribution >= 0.6 is 0 Å². The summed E-state index contributed by atoms with van der Waals surface area (Å²) in [6, 6.07) is -1.31. The fourth-order valence-electron chi connectivity index (χ4n) is 3.17. The molecule has 1 aliphatic rings. The summed E-state index contributed by atoms with van der Waals surface area (Å²) in [4.78, 5) is -0.131. The Kier molecular flexibility index (Phi) is 4.02. The molecule has 3 heterocycles. The molecule has 2 atom stereocenters. The molecule has 0 fully saturated rings. The maximum Gasteiger partial charge on any atom is 0.410 e. The Bertz CT molecular complexity index is 1000. The number of fused-ring (bicyclic) bond motifs is 1. The van der Waals surface area contributed by atoms with Crippen LogP contribution in [-0.4, -0.2) is 40.2 Å². The third-order valence-corrected chi connectivity index (χ3v) is 6.25. The molecule has 1 aliphatic heterocycles. The highest BCUT2D eigenvalue weighted by Crippen LogP contribution is 2.44. The number of hydrogen-bond acceptors (Lipinski definition) is 5. The van der Waals surface area contributed by atoms with E-state index in [1.807, 2.05) is 0 Å². The maximum absolute atomic E-state index is 13.4. The maximum atomic E-state index is 13.4. The van der Waals surface area contributed by atoms with Gasteiger partial charge >= 0.3 is 6.18 Å². The van der Waals surface area contributed by atoms with E-state index in [4.69, 9.17) is 0 Å². The number of aromatic nitrogens is 4. The zero-order valence-electron chi connectivity index (χ0n) is 14.1. The number of halogens is 3. The van der Waals surface area contributed by atoms with Crippen molar-refractivity contribution in [2.24, 2.45) is 7.05 Å². The van der Waals surface area contributed by atoms with Gasteiger partial charge in [0.2, 0.25) is 0 Å². The zero-order valence-corrected chi connectivity index (χ0v) is 14.9. The minimum atomic E-state index is -4.62. The highest BCUT2D eigenvalue weighted by Gasteiger charge is 2.50. The van der Waals surface area contributed by atoms with Crippen LogP contribution in [0.2, 0.25) is 0 Å². The second-order valence-corrected chi connectivity index (χ2v) is 7.92. The Morgan fingerprint density at radius 3 is 2.54 bits per heavy atom. The third-order valence-electron chi connectivity index (χ3n) is 4.24. The quantitative estimate of drug-likeness (QED) is 0.783. The van der Waals surface area contributed by atoms with Crippen LogP contribution in [0.1, 0.15) is 30.6 Å². The van der Waals surface area contributed by atoms with Crippen LogP contribution in [0.4, 0.5) is 19.0 Å². The Morgan fingerprint density at radius 1 is 1.38 bits per heavy atom. The normalized spacial score (nSPS) is 20.7. The molecule has 0 saturated carbocycles. The van der Waals surface area contributed by atoms with Gasteiger partial charge in [-0.05, 0) is 13.8 Å². The first-order valence-electron chi connectivity index (χ1n) is 7.57. The largest absolute Gasteiger partial charge is 0.410 e. The summed E-state index contributed by atoms with van der Waals surface area (Å²) in [6.45, 7) is 2.86. The summed E-state index contributed by atoms with van der Waals surface area (Å²) in [7, 11) is -2.70. The summed E-state index contributed by atoms with van der Waals surface area (Å²) >= 11 is 0. The molecule has 0 amide bonds. The van der Waals surface area contributed by atoms with E-state index in [2.05, 4.69) is 10.2 Å². The van der Waals surface area contributed by atoms with E-state index in [0.29, 0.717) is 4.68 Å². The third kappa shape index (κ3) is 2.63. The number of hydrogen-bond donors (Lipinski definition) is 0. The lowest BCUT2D eigenvalue weighted by Gasteiger charge is -2.39. The molecule has 0 saturated heterocycles. The first kappa shape index (κ1) is 18.2. The summed E-state index contributed by atoms with van der Waals surface area (Å²) in [5.41, 5.74) is -0.0295. The first-order chi connectivity index (χ1) is 12.0. The second-order valence-electron chi connectivity index (χ2n) is 6.13. The monoisotopic (exact) mass is 388 g/mol. The fourth-order valence-corrected chi connectivity index (χ4v) is 5.05. The van der Waals surface area contributed by atoms with Gasteiger partial charge in [0.25, 0.3) is 10.0 Å². The molecule has 2 aromatic heterocycles. The van der Waals surface area contributed by atoms with Crippen LogP contribution < -0.4 is 4.31 Å². The lowest BCUT2D eigenvalue weighted by molar-refractivity contribution is -0.173. The van der Waals surface area contributed by atoms with E-state index in [1.54, 1.807) is 6.07 Å². The number of sulfonamides is 1. The van der Waals surface area contributed by atoms with Crippen LogP contribution in [0.15, 0.2) is 17.3 Å². The summed E-state index contributed by atoms with van der Waals surface area (Å²) in [6.07, 6.45) is -2.91. The van der Waals surface area contributed by atoms with E-state index in [1.165, 1.54) is 31.8 Å². The molecule has 0 aliphatic carbocycles. The summed E-state index contributed by atoms with van der Waals surface area (Å²) in [5, 5.41) is 16.9. The van der Waals surface area contributed by atoms with E-state index in [-0.39, 0.29) is 22.0 Å². The van der Waals surface area contributed by atoms with Crippen molar-refractivity contribution >= 4 is 15.8 Å². The van der Waals surface area contributed by atoms with Gasteiger partial charge in [-0.1, -0.05) is 0 Å². The van der Waals surface area contributed by atoms with Crippen LogP contribution in [0.25, 0.3) is 0 Å². The molecule has 0 bridgehead atoms. The van der Waals surface area contributed by atoms with Crippen molar-refractivity contribution in [3.05, 3.63) is 23.7 Å². The molecule has 0 N–H and O–H groups in total. The van der Waals surface area contributed by atoms with Gasteiger partial charge in [-0.25, -0.2) is 17.4 Å². The standard InChI is InChI=1S/C14H15F3N6O2S/c1-8-4-12(14(15,16)17)22-13(10(5-18)6-19-22)23(8)26(24,25)11-7-21(3)20-9(11)2/h6-8,12H,4H2,1-3H3/t8-,12+/m1/s1. The van der Waals surface area contributed by atoms with Crippen LogP contribution in [0, 0.1) is 18.3 Å². The molecule has 0 unspecified atom stereocenters. The lowest BCUT2D eigenvalue weighted by Crippen LogP contribution is -2.48. The van der Waals surface area contributed by atoms with Gasteiger partial charge in [0.05, 0.1) is 11.9 Å². The zero-order chi connectivity index (χ0) is 19.4. The van der Waals surface area contributed by atoms with Crippen molar-refractivity contribution < 1.29 is 21.6 Å². The number of anilines is 1. The van der Waals surface area contributed by atoms with Crippen molar-refractivity contribution in [2.75, 3.05) is 4.31 Å². The Balaban J connectivity index is 2.24. The van der Waals surface area contributed by atoms with E-state index in [0.717, 1.165) is 10.5 Å². The van der Waals surface area contributed by atoms with Gasteiger partial charge in [0.15, 0.2) is 11.9 Å². The van der Waals surface area contributed by atoms with Crippen LogP contribution in [0.5, 0.6) is 0 Å². The minimum Gasteiger partial charge on any atom is -0.274 e. The second kappa shape index (κ2) is 5.73. The number of alkyl halides is 3. The number of nitriles is 1. The Morgan fingerprint density at radius 2 is 2.04 bits per heavy atom. The Hall–Kier alpha value is -2.55. The predicted octanol–water partition coefficient (Wildman–Crippen LogP) is 1.89. The molecule has 0 spiro atoms. The van der Waals surface area contributed by atoms with Gasteiger partial charge in [0.1, 0.15) is 16.5 Å². The Labute approximate surface area is 147 Å². The van der Waals surface area contributed by atoms with E-state index < -0.39 is 34.7 Å². The topological polar surface area (TPSA) is 96.8 Å². The van der Waals surface area contributed by atoms with Crippen molar-refractivity contribution in [1.82, 2.24) is 19.6 Å². The molecular formula is C14H15F3N6O2S. The van der Waals surface area contributed by atoms with Crippen molar-refractivity contribution in [3.63, 3.8) is 0 Å². The fraction of sp³-hybridized carbons (Fsp3) is 0.500. The molecule has 2 aromatic rings. The van der Waals surface area contributed by atoms with Gasteiger partial charge in [-0.3, -0.25) is 4.68 Å². The van der Waals surface area contributed by atoms with Crippen molar-refractivity contribution in [2.45, 2.75) is 43.4 Å². The van der Waals surface area contributed by atoms with Gasteiger partial charge in [-0.15, -0.1) is 0 Å². The summed E-state index contributed by atoms with van der Waals surface area (Å²) in [5.74, 6) is -0.378. The van der Waals surface area contributed by atoms with Gasteiger partial charge in [-0.2, -0.15) is 28.6 Å². The van der Waals surface area contributed by atoms with E-state index in [9.17, 15) is 26.9 Å². The number of nitrogens with zero attached hydrogens (tertiary/aromatic N) is 6. The highest BCUT2D eigenvalue weighted by atomic mass is 32.2. The highest BCUT2D eigenvalue weighted by molar-refractivity contribution is 7.93. The average molecular weight is 388 g/mol. The van der Waals surface area contributed by atoms with Crippen molar-refractivity contribution in [3.8, 4) is 6.07 Å². The molecule has 0 aromatic carbocycles. The lowest BCUT2D eigenvalue weighted by atomic mass is 10.1. The molecule has 140 valence electrons.